The number of hydrogen-bond acceptors (Lipinski definition) is 3. The molecule has 60 valence electrons. The lowest BCUT2D eigenvalue weighted by molar-refractivity contribution is 0.0741. The smallest absolute Gasteiger partial charge is 0.0620 e. The molecule has 1 fully saturated rings. The monoisotopic (exact) mass is 161 g/mol. The maximum absolute atomic E-state index is 5.29. The van der Waals surface area contributed by atoms with Gasteiger partial charge >= 0.3 is 0 Å². The van der Waals surface area contributed by atoms with E-state index in [2.05, 4.69) is 17.9 Å². The summed E-state index contributed by atoms with van der Waals surface area (Å²) in [4.78, 5) is 0. The van der Waals surface area contributed by atoms with Crippen LogP contribution in [0.2, 0.25) is 0 Å². The Morgan fingerprint density at radius 2 is 2.50 bits per heavy atom. The second-order valence-electron chi connectivity index (χ2n) is 2.59. The Morgan fingerprint density at radius 1 is 1.60 bits per heavy atom. The number of nitrogens with one attached hydrogen (secondary N) is 1. The Kier molecular flexibility index (Phi) is 4.18. The fourth-order valence-electron chi connectivity index (χ4n) is 1.14. The quantitative estimate of drug-likeness (QED) is 0.594. The van der Waals surface area contributed by atoms with Gasteiger partial charge in [-0.05, 0) is 18.6 Å². The summed E-state index contributed by atoms with van der Waals surface area (Å²) in [6, 6.07) is 0.584. The second-order valence-corrected chi connectivity index (χ2v) is 3.04. The van der Waals surface area contributed by atoms with Crippen molar-refractivity contribution < 1.29 is 4.74 Å². The number of thiol groups is 1. The summed E-state index contributed by atoms with van der Waals surface area (Å²) in [5.74, 6) is 0.984. The third-order valence-corrected chi connectivity index (χ3v) is 2.03. The van der Waals surface area contributed by atoms with E-state index < -0.39 is 0 Å². The lowest BCUT2D eigenvalue weighted by atomic mass is 10.1. The van der Waals surface area contributed by atoms with Crippen LogP contribution < -0.4 is 5.32 Å². The molecule has 0 spiro atoms. The van der Waals surface area contributed by atoms with Crippen LogP contribution in [0.1, 0.15) is 12.8 Å². The van der Waals surface area contributed by atoms with Gasteiger partial charge in [-0.3, -0.25) is 0 Å². The maximum atomic E-state index is 5.29. The Bertz CT molecular complexity index is 83.7. The van der Waals surface area contributed by atoms with Crippen molar-refractivity contribution in [2.45, 2.75) is 18.9 Å². The predicted octanol–water partition coefficient (Wildman–Crippen LogP) is 0.685. The van der Waals surface area contributed by atoms with Gasteiger partial charge in [0.2, 0.25) is 0 Å². The van der Waals surface area contributed by atoms with Gasteiger partial charge in [-0.15, -0.1) is 0 Å². The van der Waals surface area contributed by atoms with Gasteiger partial charge in [-0.2, -0.15) is 12.6 Å². The Hall–Kier alpha value is 0.270. The molecule has 2 nitrogen and oxygen atoms in total. The molecule has 0 aromatic carbocycles. The summed E-state index contributed by atoms with van der Waals surface area (Å²) in [6.07, 6.45) is 2.38. The van der Waals surface area contributed by atoms with Gasteiger partial charge in [0, 0.05) is 12.6 Å². The molecule has 1 heterocycles. The first kappa shape index (κ1) is 8.37. The Balaban J connectivity index is 2.02. The van der Waals surface area contributed by atoms with Crippen LogP contribution in [0.15, 0.2) is 0 Å². The summed E-state index contributed by atoms with van der Waals surface area (Å²) >= 11 is 4.15. The summed E-state index contributed by atoms with van der Waals surface area (Å²) in [5, 5.41) is 3.39. The molecule has 1 saturated heterocycles. The van der Waals surface area contributed by atoms with Crippen molar-refractivity contribution in [2.75, 3.05) is 25.5 Å². The van der Waals surface area contributed by atoms with Crippen molar-refractivity contribution in [1.82, 2.24) is 5.32 Å². The van der Waals surface area contributed by atoms with Gasteiger partial charge in [-0.1, -0.05) is 0 Å². The number of rotatable bonds is 3. The molecule has 0 aromatic rings. The zero-order valence-electron chi connectivity index (χ0n) is 6.18. The van der Waals surface area contributed by atoms with Crippen LogP contribution >= 0.6 is 12.6 Å². The first-order valence-corrected chi connectivity index (χ1v) is 4.48. The highest BCUT2D eigenvalue weighted by Gasteiger charge is 2.10. The summed E-state index contributed by atoms with van der Waals surface area (Å²) in [6.45, 7) is 2.77. The fraction of sp³-hybridized carbons (Fsp3) is 1.00. The van der Waals surface area contributed by atoms with E-state index in [1.807, 2.05) is 0 Å². The first-order valence-electron chi connectivity index (χ1n) is 3.85. The Morgan fingerprint density at radius 3 is 3.10 bits per heavy atom. The van der Waals surface area contributed by atoms with Crippen LogP contribution in [0.4, 0.5) is 0 Å². The molecular weight excluding hydrogens is 146 g/mol. The highest BCUT2D eigenvalue weighted by Crippen LogP contribution is 2.01. The van der Waals surface area contributed by atoms with Gasteiger partial charge in [0.05, 0.1) is 13.2 Å². The molecule has 0 aliphatic carbocycles. The normalized spacial score (nSPS) is 26.7. The van der Waals surface area contributed by atoms with Gasteiger partial charge < -0.3 is 10.1 Å². The van der Waals surface area contributed by atoms with Crippen molar-refractivity contribution >= 4 is 12.6 Å². The Labute approximate surface area is 67.7 Å². The molecule has 10 heavy (non-hydrogen) atoms. The second kappa shape index (κ2) is 4.99. The van der Waals surface area contributed by atoms with E-state index in [-0.39, 0.29) is 0 Å². The summed E-state index contributed by atoms with van der Waals surface area (Å²) < 4.78 is 5.29. The van der Waals surface area contributed by atoms with E-state index in [1.165, 1.54) is 12.8 Å². The highest BCUT2D eigenvalue weighted by molar-refractivity contribution is 7.80. The number of hydrogen-bond donors (Lipinski definition) is 2. The molecule has 3 heteroatoms. The summed E-state index contributed by atoms with van der Waals surface area (Å²) in [7, 11) is 0. The average Bonchev–Trinajstić information content (AvgIpc) is 2.03. The minimum absolute atomic E-state index is 0.584. The van der Waals surface area contributed by atoms with E-state index in [4.69, 9.17) is 4.74 Å². The van der Waals surface area contributed by atoms with Crippen molar-refractivity contribution in [2.24, 2.45) is 0 Å². The standard InChI is InChI=1S/C7H15NOS/c10-5-1-2-7-6-9-4-3-8-7/h7-8,10H,1-6H2. The molecule has 0 amide bonds. The molecule has 1 rings (SSSR count). The molecule has 1 N–H and O–H groups in total. The van der Waals surface area contributed by atoms with Gasteiger partial charge in [0.15, 0.2) is 0 Å². The molecule has 1 unspecified atom stereocenters. The van der Waals surface area contributed by atoms with Crippen LogP contribution in [0.3, 0.4) is 0 Å². The molecule has 0 bridgehead atoms. The maximum Gasteiger partial charge on any atom is 0.0620 e. The van der Waals surface area contributed by atoms with Gasteiger partial charge in [0.1, 0.15) is 0 Å². The fourth-order valence-corrected chi connectivity index (χ4v) is 1.33. The van der Waals surface area contributed by atoms with E-state index in [0.29, 0.717) is 6.04 Å². The van der Waals surface area contributed by atoms with Crippen molar-refractivity contribution in [3.63, 3.8) is 0 Å². The van der Waals surface area contributed by atoms with Gasteiger partial charge in [-0.25, -0.2) is 0 Å². The van der Waals surface area contributed by atoms with E-state index >= 15 is 0 Å². The van der Waals surface area contributed by atoms with Gasteiger partial charge in [0.25, 0.3) is 0 Å². The zero-order chi connectivity index (χ0) is 7.23. The van der Waals surface area contributed by atoms with Crippen LogP contribution in [-0.4, -0.2) is 31.6 Å². The summed E-state index contributed by atoms with van der Waals surface area (Å²) in [5.41, 5.74) is 0. The highest BCUT2D eigenvalue weighted by atomic mass is 32.1. The molecule has 0 aromatic heterocycles. The molecule has 1 aliphatic heterocycles. The first-order chi connectivity index (χ1) is 4.93. The predicted molar refractivity (Wildman–Crippen MR) is 45.7 cm³/mol. The van der Waals surface area contributed by atoms with Crippen LogP contribution in [0.5, 0.6) is 0 Å². The SMILES string of the molecule is SCCCC1COCCN1. The van der Waals surface area contributed by atoms with E-state index in [0.717, 1.165) is 25.5 Å². The molecule has 1 aliphatic rings. The lowest BCUT2D eigenvalue weighted by Gasteiger charge is -2.23. The van der Waals surface area contributed by atoms with Crippen LogP contribution in [-0.2, 0) is 4.74 Å². The number of morpholine rings is 1. The lowest BCUT2D eigenvalue weighted by Crippen LogP contribution is -2.41. The van der Waals surface area contributed by atoms with Crippen molar-refractivity contribution in [3.05, 3.63) is 0 Å². The van der Waals surface area contributed by atoms with Crippen molar-refractivity contribution in [3.8, 4) is 0 Å². The average molecular weight is 161 g/mol. The van der Waals surface area contributed by atoms with Crippen molar-refractivity contribution in [1.29, 1.82) is 0 Å². The van der Waals surface area contributed by atoms with Crippen LogP contribution in [0.25, 0.3) is 0 Å². The topological polar surface area (TPSA) is 21.3 Å². The molecule has 0 saturated carbocycles. The minimum Gasteiger partial charge on any atom is -0.379 e. The number of ether oxygens (including phenoxy) is 1. The third-order valence-electron chi connectivity index (χ3n) is 1.71. The minimum atomic E-state index is 0.584. The van der Waals surface area contributed by atoms with Crippen LogP contribution in [0, 0.1) is 0 Å². The molecule has 0 radical (unpaired) electrons. The third kappa shape index (κ3) is 2.90. The van der Waals surface area contributed by atoms with E-state index in [1.54, 1.807) is 0 Å². The molecule has 1 atom stereocenters. The zero-order valence-corrected chi connectivity index (χ0v) is 7.07. The van der Waals surface area contributed by atoms with E-state index in [9.17, 15) is 0 Å². The molecular formula is C7H15NOS. The largest absolute Gasteiger partial charge is 0.379 e.